The van der Waals surface area contributed by atoms with Crippen LogP contribution in [-0.2, 0) is 6.54 Å². The number of aryl methyl sites for hydroxylation is 1. The third kappa shape index (κ3) is 4.34. The van der Waals surface area contributed by atoms with E-state index >= 15 is 0 Å². The molecule has 0 N–H and O–H groups in total. The maximum atomic E-state index is 4.50. The zero-order valence-electron chi connectivity index (χ0n) is 11.9. The normalized spacial score (nSPS) is 11.8. The van der Waals surface area contributed by atoms with Gasteiger partial charge in [0, 0.05) is 28.1 Å². The Morgan fingerprint density at radius 1 is 1.26 bits per heavy atom. The van der Waals surface area contributed by atoms with Gasteiger partial charge in [-0.15, -0.1) is 0 Å². The lowest BCUT2D eigenvalue weighted by molar-refractivity contribution is 0.354. The van der Waals surface area contributed by atoms with E-state index in [0.29, 0.717) is 5.41 Å². The Bertz CT molecular complexity index is 538. The molecular weight excluding hydrogens is 347 g/mol. The first-order chi connectivity index (χ1) is 8.96. The number of imidazole rings is 1. The molecule has 1 aromatic heterocycles. The van der Waals surface area contributed by atoms with Crippen molar-refractivity contribution in [3.05, 3.63) is 40.2 Å². The molecule has 0 bridgehead atoms. The van der Waals surface area contributed by atoms with E-state index in [4.69, 9.17) is 0 Å². The van der Waals surface area contributed by atoms with Gasteiger partial charge in [-0.3, -0.25) is 0 Å². The van der Waals surface area contributed by atoms with E-state index in [9.17, 15) is 0 Å². The highest BCUT2D eigenvalue weighted by molar-refractivity contribution is 14.1. The molecule has 0 fully saturated rings. The van der Waals surface area contributed by atoms with Crippen molar-refractivity contribution in [2.24, 2.45) is 5.41 Å². The fraction of sp³-hybridized carbons (Fsp3) is 0.438. The maximum absolute atomic E-state index is 4.50. The molecule has 102 valence electrons. The van der Waals surface area contributed by atoms with E-state index < -0.39 is 0 Å². The predicted molar refractivity (Wildman–Crippen MR) is 89.1 cm³/mol. The zero-order valence-corrected chi connectivity index (χ0v) is 14.0. The third-order valence-corrected chi connectivity index (χ3v) is 3.80. The van der Waals surface area contributed by atoms with Crippen LogP contribution in [0, 0.1) is 8.99 Å². The highest BCUT2D eigenvalue weighted by Gasteiger charge is 2.11. The van der Waals surface area contributed by atoms with Gasteiger partial charge in [0.2, 0.25) is 0 Å². The third-order valence-electron chi connectivity index (χ3n) is 3.12. The van der Waals surface area contributed by atoms with Gasteiger partial charge in [-0.05, 0) is 53.0 Å². The highest BCUT2D eigenvalue weighted by Crippen LogP contribution is 2.23. The molecule has 0 saturated heterocycles. The molecule has 0 saturated carbocycles. The quantitative estimate of drug-likeness (QED) is 0.696. The molecule has 19 heavy (non-hydrogen) atoms. The summed E-state index contributed by atoms with van der Waals surface area (Å²) < 4.78 is 3.51. The van der Waals surface area contributed by atoms with Gasteiger partial charge in [0.25, 0.3) is 0 Å². The van der Waals surface area contributed by atoms with Crippen molar-refractivity contribution in [2.75, 3.05) is 0 Å². The van der Waals surface area contributed by atoms with Crippen LogP contribution in [0.1, 0.15) is 33.6 Å². The first-order valence-electron chi connectivity index (χ1n) is 6.73. The lowest BCUT2D eigenvalue weighted by Gasteiger charge is -2.18. The Hall–Kier alpha value is -0.840. The van der Waals surface area contributed by atoms with Crippen LogP contribution in [-0.4, -0.2) is 9.55 Å². The Morgan fingerprint density at radius 2 is 2.05 bits per heavy atom. The van der Waals surface area contributed by atoms with Crippen LogP contribution in [0.5, 0.6) is 0 Å². The van der Waals surface area contributed by atoms with E-state index in [1.54, 1.807) is 0 Å². The van der Waals surface area contributed by atoms with Crippen LogP contribution < -0.4 is 0 Å². The number of hydrogen-bond acceptors (Lipinski definition) is 1. The van der Waals surface area contributed by atoms with Gasteiger partial charge < -0.3 is 4.57 Å². The molecule has 1 aromatic carbocycles. The van der Waals surface area contributed by atoms with Gasteiger partial charge in [0.1, 0.15) is 5.82 Å². The van der Waals surface area contributed by atoms with Crippen molar-refractivity contribution in [1.29, 1.82) is 0 Å². The molecule has 2 aromatic rings. The second kappa shape index (κ2) is 6.07. The molecule has 0 spiro atoms. The van der Waals surface area contributed by atoms with Gasteiger partial charge >= 0.3 is 0 Å². The molecule has 0 atom stereocenters. The van der Waals surface area contributed by atoms with Crippen LogP contribution in [0.25, 0.3) is 11.4 Å². The molecule has 0 radical (unpaired) electrons. The summed E-state index contributed by atoms with van der Waals surface area (Å²) in [4.78, 5) is 4.50. The highest BCUT2D eigenvalue weighted by atomic mass is 127. The summed E-state index contributed by atoms with van der Waals surface area (Å²) in [5.74, 6) is 1.08. The Kier molecular flexibility index (Phi) is 4.66. The van der Waals surface area contributed by atoms with Gasteiger partial charge in [-0.1, -0.05) is 32.9 Å². The lowest BCUT2D eigenvalue weighted by atomic mass is 9.91. The van der Waals surface area contributed by atoms with Crippen molar-refractivity contribution in [3.63, 3.8) is 0 Å². The summed E-state index contributed by atoms with van der Waals surface area (Å²) in [6.07, 6.45) is 6.40. The van der Waals surface area contributed by atoms with Crippen molar-refractivity contribution in [3.8, 4) is 11.4 Å². The summed E-state index contributed by atoms with van der Waals surface area (Å²) in [5, 5.41) is 0. The van der Waals surface area contributed by atoms with Crippen LogP contribution >= 0.6 is 22.6 Å². The van der Waals surface area contributed by atoms with Gasteiger partial charge in [-0.2, -0.15) is 0 Å². The SMILES string of the molecule is CC(C)(C)CCCn1ccnc1-c1cccc(I)c1. The number of nitrogens with zero attached hydrogens (tertiary/aromatic N) is 2. The monoisotopic (exact) mass is 368 g/mol. The summed E-state index contributed by atoms with van der Waals surface area (Å²) in [6.45, 7) is 7.92. The first kappa shape index (κ1) is 14.6. The minimum Gasteiger partial charge on any atom is -0.331 e. The van der Waals surface area contributed by atoms with Crippen molar-refractivity contribution < 1.29 is 0 Å². The standard InChI is InChI=1S/C16H21IN2/c1-16(2,3)8-5-10-19-11-9-18-15(19)13-6-4-7-14(17)12-13/h4,6-7,9,11-12H,5,8,10H2,1-3H3. The molecular formula is C16H21IN2. The van der Waals surface area contributed by atoms with Crippen molar-refractivity contribution >= 4 is 22.6 Å². The molecule has 0 aliphatic heterocycles. The van der Waals surface area contributed by atoms with Crippen LogP contribution in [0.15, 0.2) is 36.7 Å². The number of hydrogen-bond donors (Lipinski definition) is 0. The Labute approximate surface area is 129 Å². The number of aromatic nitrogens is 2. The Balaban J connectivity index is 2.10. The van der Waals surface area contributed by atoms with Gasteiger partial charge in [0.15, 0.2) is 0 Å². The number of benzene rings is 1. The second-order valence-corrected chi connectivity index (χ2v) is 7.36. The van der Waals surface area contributed by atoms with Crippen LogP contribution in [0.3, 0.4) is 0 Å². The zero-order chi connectivity index (χ0) is 13.9. The van der Waals surface area contributed by atoms with E-state index in [-0.39, 0.29) is 0 Å². The van der Waals surface area contributed by atoms with Gasteiger partial charge in [-0.25, -0.2) is 4.98 Å². The smallest absolute Gasteiger partial charge is 0.139 e. The fourth-order valence-corrected chi connectivity index (χ4v) is 2.70. The average Bonchev–Trinajstić information content (AvgIpc) is 2.75. The Morgan fingerprint density at radius 3 is 2.74 bits per heavy atom. The number of rotatable bonds is 4. The fourth-order valence-electron chi connectivity index (χ4n) is 2.16. The predicted octanol–water partition coefficient (Wildman–Crippen LogP) is 4.98. The van der Waals surface area contributed by atoms with Crippen molar-refractivity contribution in [2.45, 2.75) is 40.2 Å². The molecule has 0 amide bonds. The molecule has 2 rings (SSSR count). The molecule has 2 nitrogen and oxygen atoms in total. The molecule has 3 heteroatoms. The molecule has 0 aliphatic rings. The topological polar surface area (TPSA) is 17.8 Å². The van der Waals surface area contributed by atoms with E-state index in [0.717, 1.165) is 12.4 Å². The first-order valence-corrected chi connectivity index (χ1v) is 7.81. The van der Waals surface area contributed by atoms with E-state index in [1.165, 1.54) is 22.0 Å². The lowest BCUT2D eigenvalue weighted by Crippen LogP contribution is -2.07. The molecule has 0 aliphatic carbocycles. The average molecular weight is 368 g/mol. The van der Waals surface area contributed by atoms with E-state index in [1.807, 2.05) is 6.20 Å². The summed E-state index contributed by atoms with van der Waals surface area (Å²) in [5.41, 5.74) is 1.61. The summed E-state index contributed by atoms with van der Waals surface area (Å²) >= 11 is 2.34. The summed E-state index contributed by atoms with van der Waals surface area (Å²) in [7, 11) is 0. The second-order valence-electron chi connectivity index (χ2n) is 6.12. The number of halogens is 1. The minimum absolute atomic E-state index is 0.406. The molecule has 0 unspecified atom stereocenters. The van der Waals surface area contributed by atoms with Crippen LogP contribution in [0.2, 0.25) is 0 Å². The van der Waals surface area contributed by atoms with E-state index in [2.05, 4.69) is 83.4 Å². The van der Waals surface area contributed by atoms with Crippen molar-refractivity contribution in [1.82, 2.24) is 9.55 Å². The largest absolute Gasteiger partial charge is 0.331 e. The molecule has 1 heterocycles. The van der Waals surface area contributed by atoms with Gasteiger partial charge in [0.05, 0.1) is 0 Å². The maximum Gasteiger partial charge on any atom is 0.139 e. The summed E-state index contributed by atoms with van der Waals surface area (Å²) in [6, 6.07) is 8.51. The minimum atomic E-state index is 0.406. The van der Waals surface area contributed by atoms with Crippen LogP contribution in [0.4, 0.5) is 0 Å².